The third-order valence-corrected chi connectivity index (χ3v) is 17.0. The van der Waals surface area contributed by atoms with Crippen LogP contribution in [0.4, 0.5) is 0 Å². The Labute approximate surface area is 688 Å². The average Bonchev–Trinajstić information content (AvgIpc) is 0.766. The second-order valence-electron chi connectivity index (χ2n) is 25.0. The highest BCUT2D eigenvalue weighted by Gasteiger charge is 2.39. The fourth-order valence-corrected chi connectivity index (χ4v) is 11.3. The van der Waals surface area contributed by atoms with Crippen molar-refractivity contribution in [1.82, 2.24) is 0 Å². The Bertz CT molecular complexity index is 2990. The van der Waals surface area contributed by atoms with Gasteiger partial charge in [0.25, 0.3) is 10.1 Å². The lowest BCUT2D eigenvalue weighted by Crippen LogP contribution is -2.34. The van der Waals surface area contributed by atoms with Crippen molar-refractivity contribution in [2.45, 2.75) is 11.2 Å². The lowest BCUT2D eigenvalue weighted by atomic mass is 9.80. The van der Waals surface area contributed by atoms with E-state index in [0.29, 0.717) is 297 Å². The van der Waals surface area contributed by atoms with Gasteiger partial charge in [0.1, 0.15) is 11.2 Å². The normalized spacial score (nSPS) is 11.9. The van der Waals surface area contributed by atoms with Gasteiger partial charge < -0.3 is 119 Å². The second-order valence-corrected chi connectivity index (χ2v) is 26.6. The number of hydrogen-bond acceptors (Lipinski definition) is 28. The molecule has 6 aromatic rings. The molecular weight excluding hydrogens is 1520 g/mol. The summed E-state index contributed by atoms with van der Waals surface area (Å²) in [5.41, 5.74) is 4.86. The summed E-state index contributed by atoms with van der Waals surface area (Å²) >= 11 is 0. The molecule has 0 radical (unpaired) electrons. The summed E-state index contributed by atoms with van der Waals surface area (Å²) in [6.07, 6.45) is 0.997. The van der Waals surface area contributed by atoms with Crippen molar-refractivity contribution >= 4 is 10.1 Å². The van der Waals surface area contributed by atoms with E-state index in [0.717, 1.165) is 39.6 Å². The molecule has 0 aliphatic rings. The van der Waals surface area contributed by atoms with Gasteiger partial charge in [0.15, 0.2) is 0 Å². The maximum atomic E-state index is 10.8. The van der Waals surface area contributed by atoms with E-state index in [1.807, 2.05) is 109 Å². The third kappa shape index (κ3) is 49.7. The van der Waals surface area contributed by atoms with Gasteiger partial charge in [-0.1, -0.05) is 182 Å². The van der Waals surface area contributed by atoms with Crippen LogP contribution in [-0.4, -0.2) is 337 Å². The molecule has 0 unspecified atom stereocenters. The van der Waals surface area contributed by atoms with Gasteiger partial charge in [-0.15, -0.1) is 0 Å². The van der Waals surface area contributed by atoms with Crippen molar-refractivity contribution in [2.24, 2.45) is 0 Å². The van der Waals surface area contributed by atoms with Gasteiger partial charge in [-0.05, 0) is 33.4 Å². The lowest BCUT2D eigenvalue weighted by molar-refractivity contribution is -0.0399. The zero-order valence-corrected chi connectivity index (χ0v) is 69.0. The number of rotatable bonds is 80. The Balaban J connectivity index is 0.000000415. The highest BCUT2D eigenvalue weighted by Crippen LogP contribution is 2.42. The number of hydrogen-bond donors (Lipinski definition) is 1. The number of benzene rings is 6. The molecule has 0 atom stereocenters. The standard InChI is InChI=1S/C44H66O15S.C43H64O13/c1-60(45,46)59-40-38-57-36-34-55-32-30-53-28-26-51-24-22-49-20-18-47-17-19-48-21-23-50-25-27-52-29-31-54-33-35-56-37-39-58-44(41-11-5-2-6-12-41,42-13-7-3-8-14-42)43-15-9-4-10-16-43;44-16-17-45-18-19-46-20-21-47-22-23-48-24-25-49-26-27-50-28-29-51-30-31-52-32-33-53-34-35-54-36-37-55-38-39-56-43(40-10-4-1-5-11-40,41-12-6-2-7-13-41)42-14-8-3-9-15-42/h2-16H,17-40H2,1H3;1-15,44H,16-39H2. The highest BCUT2D eigenvalue weighted by atomic mass is 32.2. The van der Waals surface area contributed by atoms with Gasteiger partial charge in [-0.2, -0.15) is 8.42 Å². The zero-order valence-electron chi connectivity index (χ0n) is 68.1. The van der Waals surface area contributed by atoms with Crippen molar-refractivity contribution in [1.29, 1.82) is 0 Å². The predicted molar refractivity (Wildman–Crippen MR) is 436 cm³/mol. The summed E-state index contributed by atoms with van der Waals surface area (Å²) in [5, 5.41) is 8.60. The van der Waals surface area contributed by atoms with E-state index in [-0.39, 0.29) is 19.8 Å². The largest absolute Gasteiger partial charge is 0.394 e. The molecule has 0 saturated carbocycles. The van der Waals surface area contributed by atoms with Crippen molar-refractivity contribution in [2.75, 3.05) is 323 Å². The molecule has 6 aromatic carbocycles. The lowest BCUT2D eigenvalue weighted by Gasteiger charge is -2.36. The molecule has 0 saturated heterocycles. The highest BCUT2D eigenvalue weighted by molar-refractivity contribution is 7.86. The molecule has 0 aliphatic carbocycles. The van der Waals surface area contributed by atoms with Crippen LogP contribution < -0.4 is 0 Å². The van der Waals surface area contributed by atoms with E-state index in [2.05, 4.69) is 77.0 Å². The molecule has 29 heteroatoms. The zero-order chi connectivity index (χ0) is 81.8. The van der Waals surface area contributed by atoms with E-state index in [9.17, 15) is 8.42 Å². The minimum atomic E-state index is -3.43. The minimum absolute atomic E-state index is 0.00661. The molecule has 28 nitrogen and oxygen atoms in total. The topological polar surface area (TPSA) is 285 Å². The molecule has 0 bridgehead atoms. The van der Waals surface area contributed by atoms with Gasteiger partial charge in [0.2, 0.25) is 0 Å². The minimum Gasteiger partial charge on any atom is -0.394 e. The molecule has 0 aromatic heterocycles. The molecule has 0 spiro atoms. The summed E-state index contributed by atoms with van der Waals surface area (Å²) in [6.45, 7) is 21.3. The molecule has 116 heavy (non-hydrogen) atoms. The van der Waals surface area contributed by atoms with Crippen molar-refractivity contribution < 1.29 is 131 Å². The predicted octanol–water partition coefficient (Wildman–Crippen LogP) is 8.32. The Kier molecular flexibility index (Phi) is 62.6. The van der Waals surface area contributed by atoms with Gasteiger partial charge >= 0.3 is 0 Å². The Morgan fingerprint density at radius 2 is 0.310 bits per heavy atom. The number of aliphatic hydroxyl groups is 1. The van der Waals surface area contributed by atoms with Crippen LogP contribution in [0.1, 0.15) is 33.4 Å². The molecule has 0 aliphatic heterocycles. The molecule has 1 N–H and O–H groups in total. The van der Waals surface area contributed by atoms with E-state index >= 15 is 0 Å². The van der Waals surface area contributed by atoms with Gasteiger partial charge in [0, 0.05) is 0 Å². The fraction of sp³-hybridized carbons (Fsp3) is 0.586. The van der Waals surface area contributed by atoms with Crippen LogP contribution in [0.15, 0.2) is 182 Å². The summed E-state index contributed by atoms with van der Waals surface area (Å²) in [4.78, 5) is 0. The molecule has 0 amide bonds. The average molecular weight is 1660 g/mol. The van der Waals surface area contributed by atoms with E-state index in [1.54, 1.807) is 0 Å². The molecule has 0 fully saturated rings. The molecular formula is C87H130O28S. The van der Waals surface area contributed by atoms with Crippen molar-refractivity contribution in [3.05, 3.63) is 215 Å². The Morgan fingerprint density at radius 1 is 0.190 bits per heavy atom. The first-order valence-electron chi connectivity index (χ1n) is 40.2. The molecule has 652 valence electrons. The van der Waals surface area contributed by atoms with E-state index in [1.165, 1.54) is 0 Å². The monoisotopic (exact) mass is 1650 g/mol. The summed E-state index contributed by atoms with van der Waals surface area (Å²) < 4.78 is 161. The first-order valence-corrected chi connectivity index (χ1v) is 42.0. The Hall–Kier alpha value is -5.77. The molecule has 0 heterocycles. The Morgan fingerprint density at radius 3 is 0.440 bits per heavy atom. The smallest absolute Gasteiger partial charge is 0.264 e. The summed E-state index contributed by atoms with van der Waals surface area (Å²) in [5.74, 6) is 0. The van der Waals surface area contributed by atoms with Crippen LogP contribution in [0.2, 0.25) is 0 Å². The summed E-state index contributed by atoms with van der Waals surface area (Å²) in [6, 6.07) is 61.9. The third-order valence-electron chi connectivity index (χ3n) is 16.4. The van der Waals surface area contributed by atoms with Gasteiger partial charge in [0.05, 0.1) is 323 Å². The number of ether oxygens (including phenoxy) is 24. The van der Waals surface area contributed by atoms with Crippen LogP contribution in [0.5, 0.6) is 0 Å². The van der Waals surface area contributed by atoms with Crippen LogP contribution in [0, 0.1) is 0 Å². The van der Waals surface area contributed by atoms with Crippen LogP contribution >= 0.6 is 0 Å². The van der Waals surface area contributed by atoms with Crippen LogP contribution in [0.3, 0.4) is 0 Å². The number of aliphatic hydroxyl groups excluding tert-OH is 1. The van der Waals surface area contributed by atoms with E-state index < -0.39 is 21.3 Å². The van der Waals surface area contributed by atoms with Crippen LogP contribution in [0.25, 0.3) is 0 Å². The first-order chi connectivity index (χ1) is 57.4. The fourth-order valence-electron chi connectivity index (χ4n) is 11.0. The second kappa shape index (κ2) is 72.1. The maximum absolute atomic E-state index is 10.8. The van der Waals surface area contributed by atoms with Crippen molar-refractivity contribution in [3.63, 3.8) is 0 Å². The van der Waals surface area contributed by atoms with Gasteiger partial charge in [-0.25, -0.2) is 0 Å². The van der Waals surface area contributed by atoms with E-state index in [4.69, 9.17) is 119 Å². The first kappa shape index (κ1) is 101. The van der Waals surface area contributed by atoms with Crippen LogP contribution in [-0.2, 0) is 139 Å². The SMILES string of the molecule is CS(=O)(=O)OCCOCCOCCOCCOCCOCCOCCOCCOCCOCCOCCOCCOC(c1ccccc1)(c1ccccc1)c1ccccc1.OCCOCCOCCOCCOCCOCCOCCOCCOCCOCCOCCOCCOC(c1ccccc1)(c1ccccc1)c1ccccc1. The quantitative estimate of drug-likeness (QED) is 0.0213. The van der Waals surface area contributed by atoms with Gasteiger partial charge in [-0.3, -0.25) is 4.18 Å². The van der Waals surface area contributed by atoms with Crippen molar-refractivity contribution in [3.8, 4) is 0 Å². The summed E-state index contributed by atoms with van der Waals surface area (Å²) in [7, 11) is -3.43. The maximum Gasteiger partial charge on any atom is 0.264 e. The molecule has 6 rings (SSSR count).